The summed E-state index contributed by atoms with van der Waals surface area (Å²) in [5.41, 5.74) is -4.48. The Morgan fingerprint density at radius 1 is 0.972 bits per heavy atom. The van der Waals surface area contributed by atoms with Crippen LogP contribution in [0.15, 0.2) is 41.6 Å². The van der Waals surface area contributed by atoms with Crippen molar-refractivity contribution in [1.82, 2.24) is 25.4 Å². The van der Waals surface area contributed by atoms with Crippen molar-refractivity contribution in [3.8, 4) is 23.0 Å². The zero-order valence-corrected chi connectivity index (χ0v) is 39.8. The van der Waals surface area contributed by atoms with E-state index in [0.29, 0.717) is 41.1 Å². The zero-order valence-electron chi connectivity index (χ0n) is 37.4. The Hall–Kier alpha value is -5.41. The van der Waals surface area contributed by atoms with E-state index < -0.39 is 131 Å². The van der Waals surface area contributed by atoms with E-state index >= 15 is 8.78 Å². The molecule has 3 atom stereocenters. The number of aromatic nitrogens is 3. The molecule has 2 aromatic heterocycles. The molecule has 9 rings (SSSR count). The molecule has 71 heavy (non-hydrogen) atoms. The fourth-order valence-electron chi connectivity index (χ4n) is 9.58. The first-order valence-electron chi connectivity index (χ1n) is 22.3. The number of amides is 1. The first-order valence-corrected chi connectivity index (χ1v) is 25.8. The van der Waals surface area contributed by atoms with E-state index in [1.165, 1.54) is 26.0 Å². The monoisotopic (exact) mass is 1060 g/mol. The lowest BCUT2D eigenvalue weighted by Crippen LogP contribution is -2.41. The van der Waals surface area contributed by atoms with Crippen molar-refractivity contribution in [1.29, 1.82) is 5.41 Å². The van der Waals surface area contributed by atoms with Gasteiger partial charge in [-0.1, -0.05) is 23.6 Å². The molecule has 3 saturated carbocycles. The van der Waals surface area contributed by atoms with Gasteiger partial charge in [0.05, 0.1) is 50.4 Å². The molecule has 380 valence electrons. The molecule has 12 nitrogen and oxygen atoms in total. The lowest BCUT2D eigenvalue weighted by atomic mass is 9.88. The Morgan fingerprint density at radius 3 is 2.24 bits per heavy atom. The number of hydrogen-bond donors (Lipinski definition) is 4. The van der Waals surface area contributed by atoms with Crippen molar-refractivity contribution in [2.45, 2.75) is 118 Å². The van der Waals surface area contributed by atoms with Gasteiger partial charge in [0.2, 0.25) is 15.9 Å². The number of benzene rings is 2. The third kappa shape index (κ3) is 9.69. The molecule has 0 radical (unpaired) electrons. The van der Waals surface area contributed by atoms with Crippen molar-refractivity contribution in [3.05, 3.63) is 86.3 Å². The van der Waals surface area contributed by atoms with Gasteiger partial charge in [-0.25, -0.2) is 30.6 Å². The average molecular weight is 1060 g/mol. The number of carbonyl (C=O) groups excluding carboxylic acids is 1. The third-order valence-electron chi connectivity index (χ3n) is 13.3. The molecular weight excluding hydrogens is 1020 g/mol. The first kappa shape index (κ1) is 50.5. The lowest BCUT2D eigenvalue weighted by molar-refractivity contribution is -0.141. The van der Waals surface area contributed by atoms with Gasteiger partial charge in [-0.05, 0) is 118 Å². The number of pyridine rings is 1. The van der Waals surface area contributed by atoms with Gasteiger partial charge in [-0.2, -0.15) is 40.2 Å². The van der Waals surface area contributed by atoms with E-state index in [2.05, 4.69) is 32.3 Å². The number of alkyl halides is 8. The highest BCUT2D eigenvalue weighted by Gasteiger charge is 2.67. The number of rotatable bonds is 15. The van der Waals surface area contributed by atoms with Crippen LogP contribution in [0.1, 0.15) is 86.5 Å². The number of halogens is 11. The molecule has 2 heterocycles. The average Bonchev–Trinajstić information content (AvgIpc) is 4.15. The van der Waals surface area contributed by atoms with Gasteiger partial charge in [-0.15, -0.1) is 0 Å². The largest absolute Gasteiger partial charge is 0.433 e. The Kier molecular flexibility index (Phi) is 12.4. The molecule has 5 aliphatic carbocycles. The fraction of sp³-hybridized carbons (Fsp3) is 0.478. The van der Waals surface area contributed by atoms with Crippen LogP contribution in [0.2, 0.25) is 5.02 Å². The lowest BCUT2D eigenvalue weighted by Gasteiger charge is -2.26. The van der Waals surface area contributed by atoms with Crippen molar-refractivity contribution in [2.75, 3.05) is 11.3 Å². The maximum atomic E-state index is 15.5. The van der Waals surface area contributed by atoms with Crippen molar-refractivity contribution in [3.63, 3.8) is 0 Å². The Labute approximate surface area is 404 Å². The summed E-state index contributed by atoms with van der Waals surface area (Å²) in [7, 11) is -8.01. The maximum absolute atomic E-state index is 15.5. The van der Waals surface area contributed by atoms with Gasteiger partial charge < -0.3 is 10.6 Å². The zero-order chi connectivity index (χ0) is 51.5. The molecule has 0 saturated heterocycles. The highest BCUT2D eigenvalue weighted by atomic mass is 35.5. The number of nitrogens with one attached hydrogen (secondary N) is 4. The molecule has 0 unspecified atom stereocenters. The summed E-state index contributed by atoms with van der Waals surface area (Å²) in [6, 6.07) is 3.24. The predicted molar refractivity (Wildman–Crippen MR) is 241 cm³/mol. The number of anilines is 1. The quantitative estimate of drug-likeness (QED) is 0.0519. The van der Waals surface area contributed by atoms with Gasteiger partial charge in [0.25, 0.3) is 5.92 Å². The van der Waals surface area contributed by atoms with Crippen molar-refractivity contribution >= 4 is 59.8 Å². The van der Waals surface area contributed by atoms with Crippen molar-refractivity contribution in [2.24, 2.45) is 11.8 Å². The molecule has 5 aliphatic rings. The second kappa shape index (κ2) is 17.4. The molecular formula is C46H42ClF10N7O5S2. The van der Waals surface area contributed by atoms with Gasteiger partial charge in [0.1, 0.15) is 34.3 Å². The minimum Gasteiger partial charge on any atom is -0.374 e. The van der Waals surface area contributed by atoms with Gasteiger partial charge in [0.15, 0.2) is 15.7 Å². The summed E-state index contributed by atoms with van der Waals surface area (Å²) >= 11 is 6.68. The van der Waals surface area contributed by atoms with Gasteiger partial charge in [-0.3, -0.25) is 19.6 Å². The predicted octanol–water partition coefficient (Wildman–Crippen LogP) is 8.80. The number of allylic oxidation sites excluding steroid dienone is 2. The normalized spacial score (nSPS) is 20.3. The first-order chi connectivity index (χ1) is 33.0. The summed E-state index contributed by atoms with van der Waals surface area (Å²) in [6.07, 6.45) is -9.09. The molecule has 0 bridgehead atoms. The van der Waals surface area contributed by atoms with E-state index in [1.54, 1.807) is 0 Å². The van der Waals surface area contributed by atoms with Crippen LogP contribution in [0, 0.1) is 40.7 Å². The third-order valence-corrected chi connectivity index (χ3v) is 18.3. The molecule has 3 fully saturated rings. The van der Waals surface area contributed by atoms with Gasteiger partial charge in [0, 0.05) is 28.7 Å². The number of nitrogens with zero attached hydrogens (tertiary/aromatic N) is 3. The second-order valence-electron chi connectivity index (χ2n) is 19.0. The number of carbonyl (C=O) groups is 1. The fourth-order valence-corrected chi connectivity index (χ4v) is 12.9. The molecule has 1 amide bonds. The standard InChI is InChI=1S/C46H42ClF10N7O5S2/c1-43(2,70(66,67)24-6-7-24)13-12-32-26-4-3-5-27(26)35(28-10-11-31(47)37-39(28)64(20-44(50,51)52)62-42(37)63-71(68,69)25-8-9-25)38(61-32)33(16-21-14-22(48)17-23(49)15-21)60-34(65)19-59-41-36(40(58)46(55,56)57)29-18-30(29)45(41,53)54/h10-11,14-15,17,24-25,29-30,33,58-59H,3-9,16,18-20H2,1-2H3,(H,60,65)(H,62,63)/t29-,30+,33-/m0/s1. The molecule has 4 N–H and O–H groups in total. The van der Waals surface area contributed by atoms with Crippen LogP contribution in [0.25, 0.3) is 22.0 Å². The van der Waals surface area contributed by atoms with E-state index in [-0.39, 0.29) is 76.1 Å². The van der Waals surface area contributed by atoms with E-state index in [1.807, 2.05) is 0 Å². The highest BCUT2D eigenvalue weighted by Crippen LogP contribution is 2.63. The SMILES string of the molecule is CC(C)(C#Cc1nc([C@H](Cc2cc(F)cc(F)c2)NC(=O)CNC2=C(C(=N)C(F)(F)F)[C@H]3C[C@H]3C2(F)F)c(-c2ccc(Cl)c3c(NS(=O)(=O)C4CC4)nn(CC(F)(F)F)c23)c2c1CCC2)S(=O)(=O)C1CC1. The van der Waals surface area contributed by atoms with Crippen LogP contribution in [0.5, 0.6) is 0 Å². The maximum Gasteiger partial charge on any atom is 0.433 e. The molecule has 25 heteroatoms. The molecule has 0 spiro atoms. The van der Waals surface area contributed by atoms with Crippen LogP contribution in [0.4, 0.5) is 49.7 Å². The smallest absolute Gasteiger partial charge is 0.374 e. The number of fused-ring (bicyclic) bond motifs is 3. The highest BCUT2D eigenvalue weighted by molar-refractivity contribution is 7.94. The minimum absolute atomic E-state index is 0.00401. The van der Waals surface area contributed by atoms with Crippen LogP contribution >= 0.6 is 11.6 Å². The molecule has 2 aromatic carbocycles. The topological polar surface area (TPSA) is 176 Å². The summed E-state index contributed by atoms with van der Waals surface area (Å²) < 4.78 is 200. The Bertz CT molecular complexity index is 3240. The van der Waals surface area contributed by atoms with Crippen LogP contribution in [0.3, 0.4) is 0 Å². The number of hydrogen-bond acceptors (Lipinski definition) is 9. The number of sulfonamides is 1. The van der Waals surface area contributed by atoms with E-state index in [0.717, 1.165) is 12.1 Å². The van der Waals surface area contributed by atoms with E-state index in [9.17, 15) is 56.8 Å². The Morgan fingerprint density at radius 2 is 1.62 bits per heavy atom. The van der Waals surface area contributed by atoms with Crippen molar-refractivity contribution < 1.29 is 65.5 Å². The molecule has 0 aliphatic heterocycles. The summed E-state index contributed by atoms with van der Waals surface area (Å²) in [4.78, 5) is 19.0. The van der Waals surface area contributed by atoms with Crippen LogP contribution < -0.4 is 15.4 Å². The minimum atomic E-state index is -5.32. The van der Waals surface area contributed by atoms with Gasteiger partial charge >= 0.3 is 12.4 Å². The number of sulfone groups is 1. The van der Waals surface area contributed by atoms with Crippen LogP contribution in [-0.2, 0) is 50.5 Å². The Balaban J connectivity index is 1.25. The summed E-state index contributed by atoms with van der Waals surface area (Å²) in [5.74, 6) is -4.99. The van der Waals surface area contributed by atoms with Crippen LogP contribution in [-0.4, -0.2) is 83.3 Å². The summed E-state index contributed by atoms with van der Waals surface area (Å²) in [6.45, 7) is -0.146. The van der Waals surface area contributed by atoms with E-state index in [4.69, 9.17) is 22.0 Å². The molecule has 4 aromatic rings. The second-order valence-corrected chi connectivity index (χ2v) is 24.2. The summed E-state index contributed by atoms with van der Waals surface area (Å²) in [5, 5.41) is 14.4.